The average Bonchev–Trinajstić information content (AvgIpc) is 2.56. The average molecular weight is 334 g/mol. The molecule has 0 spiro atoms. The van der Waals surface area contributed by atoms with Crippen molar-refractivity contribution in [2.24, 2.45) is 0 Å². The first kappa shape index (κ1) is 20.7. The summed E-state index contributed by atoms with van der Waals surface area (Å²) >= 11 is 0. The predicted octanol–water partition coefficient (Wildman–Crippen LogP) is 5.99. The summed E-state index contributed by atoms with van der Waals surface area (Å²) in [7, 11) is 0. The molecular formula is C21H34O3. The maximum absolute atomic E-state index is 11.7. The molecular weight excluding hydrogens is 300 g/mol. The second kappa shape index (κ2) is 13.0. The minimum Gasteiger partial charge on any atom is -0.504 e. The molecule has 0 aromatic carbocycles. The van der Waals surface area contributed by atoms with Crippen molar-refractivity contribution in [1.82, 2.24) is 0 Å². The molecule has 24 heavy (non-hydrogen) atoms. The van der Waals surface area contributed by atoms with E-state index < -0.39 is 5.76 Å². The van der Waals surface area contributed by atoms with Crippen LogP contribution in [0.4, 0.5) is 0 Å². The smallest absolute Gasteiger partial charge is 0.223 e. The number of carbonyl (C=O) groups is 2. The summed E-state index contributed by atoms with van der Waals surface area (Å²) in [6.45, 7) is 2.25. The minimum absolute atomic E-state index is 0.281. The van der Waals surface area contributed by atoms with Crippen molar-refractivity contribution >= 4 is 11.6 Å². The highest BCUT2D eigenvalue weighted by Gasteiger charge is 2.20. The number of Topliss-reactive ketones (excluding diaryl/α,β-unsaturated/α-hetero) is 1. The van der Waals surface area contributed by atoms with Gasteiger partial charge in [-0.1, -0.05) is 84.0 Å². The minimum atomic E-state index is -0.410. The van der Waals surface area contributed by atoms with E-state index in [9.17, 15) is 14.7 Å². The molecule has 0 unspecified atom stereocenters. The summed E-state index contributed by atoms with van der Waals surface area (Å²) in [6.07, 6.45) is 19.7. The molecule has 1 N–H and O–H groups in total. The number of ketones is 2. The lowest BCUT2D eigenvalue weighted by Gasteiger charge is -2.09. The van der Waals surface area contributed by atoms with E-state index in [1.807, 2.05) is 0 Å². The van der Waals surface area contributed by atoms with Crippen molar-refractivity contribution in [2.45, 2.75) is 96.8 Å². The van der Waals surface area contributed by atoms with E-state index in [0.717, 1.165) is 18.9 Å². The van der Waals surface area contributed by atoms with Gasteiger partial charge in [0, 0.05) is 11.6 Å². The van der Waals surface area contributed by atoms with Crippen LogP contribution in [0, 0.1) is 0 Å². The van der Waals surface area contributed by atoms with E-state index in [0.29, 0.717) is 12.0 Å². The highest BCUT2D eigenvalue weighted by molar-refractivity contribution is 6.19. The zero-order chi connectivity index (χ0) is 17.6. The monoisotopic (exact) mass is 334 g/mol. The highest BCUT2D eigenvalue weighted by atomic mass is 16.3. The van der Waals surface area contributed by atoms with Crippen LogP contribution >= 0.6 is 0 Å². The number of unbranched alkanes of at least 4 members (excludes halogenated alkanes) is 12. The summed E-state index contributed by atoms with van der Waals surface area (Å²) in [5, 5.41) is 9.37. The Labute approximate surface area is 147 Å². The first-order valence-corrected chi connectivity index (χ1v) is 9.85. The predicted molar refractivity (Wildman–Crippen MR) is 99.1 cm³/mol. The molecule has 1 aliphatic carbocycles. The summed E-state index contributed by atoms with van der Waals surface area (Å²) in [4.78, 5) is 23.0. The van der Waals surface area contributed by atoms with Crippen LogP contribution in [0.2, 0.25) is 0 Å². The van der Waals surface area contributed by atoms with E-state index >= 15 is 0 Å². The standard InChI is InChI=1S/C21H34O3/c1-2-3-4-5-6-7-8-9-10-11-12-13-14-15-18-16-19(22)17-20(23)21(18)24/h16-17,23H,2-15H2,1H3. The third-order valence-electron chi connectivity index (χ3n) is 4.67. The van der Waals surface area contributed by atoms with Gasteiger partial charge in [0.05, 0.1) is 0 Å². The van der Waals surface area contributed by atoms with Gasteiger partial charge in [-0.3, -0.25) is 9.59 Å². The van der Waals surface area contributed by atoms with Crippen molar-refractivity contribution in [3.05, 3.63) is 23.5 Å². The van der Waals surface area contributed by atoms with Gasteiger partial charge < -0.3 is 5.11 Å². The van der Waals surface area contributed by atoms with E-state index in [-0.39, 0.29) is 11.6 Å². The Hall–Kier alpha value is -1.38. The number of aliphatic hydroxyl groups is 1. The molecule has 0 amide bonds. The van der Waals surface area contributed by atoms with Gasteiger partial charge in [-0.25, -0.2) is 0 Å². The van der Waals surface area contributed by atoms with Gasteiger partial charge in [0.1, 0.15) is 0 Å². The molecule has 3 heteroatoms. The van der Waals surface area contributed by atoms with Gasteiger partial charge in [-0.2, -0.15) is 0 Å². The van der Waals surface area contributed by atoms with Crippen molar-refractivity contribution < 1.29 is 14.7 Å². The molecule has 0 aromatic rings. The van der Waals surface area contributed by atoms with Gasteiger partial charge in [0.15, 0.2) is 11.5 Å². The Morgan fingerprint density at radius 2 is 1.17 bits per heavy atom. The molecule has 0 heterocycles. The lowest BCUT2D eigenvalue weighted by atomic mass is 9.96. The van der Waals surface area contributed by atoms with E-state index in [4.69, 9.17) is 0 Å². The van der Waals surface area contributed by atoms with Crippen LogP contribution in [0.25, 0.3) is 0 Å². The molecule has 1 rings (SSSR count). The van der Waals surface area contributed by atoms with Crippen molar-refractivity contribution in [2.75, 3.05) is 0 Å². The number of aliphatic hydroxyl groups excluding tert-OH is 1. The lowest BCUT2D eigenvalue weighted by molar-refractivity contribution is -0.117. The Kier molecular flexibility index (Phi) is 11.2. The van der Waals surface area contributed by atoms with Crippen LogP contribution < -0.4 is 0 Å². The topological polar surface area (TPSA) is 54.4 Å². The summed E-state index contributed by atoms with van der Waals surface area (Å²) in [5.74, 6) is -1.07. The fourth-order valence-electron chi connectivity index (χ4n) is 3.16. The normalized spacial score (nSPS) is 14.7. The molecule has 3 nitrogen and oxygen atoms in total. The maximum atomic E-state index is 11.7. The zero-order valence-electron chi connectivity index (χ0n) is 15.3. The lowest BCUT2D eigenvalue weighted by Crippen LogP contribution is -2.13. The first-order chi connectivity index (χ1) is 11.6. The fraction of sp³-hybridized carbons (Fsp3) is 0.714. The Bertz CT molecular complexity index is 446. The Balaban J connectivity index is 1.91. The number of carbonyl (C=O) groups excluding carboxylic acids is 2. The molecule has 0 saturated carbocycles. The van der Waals surface area contributed by atoms with Crippen LogP contribution in [0.5, 0.6) is 0 Å². The largest absolute Gasteiger partial charge is 0.504 e. The molecule has 0 saturated heterocycles. The maximum Gasteiger partial charge on any atom is 0.223 e. The molecule has 136 valence electrons. The van der Waals surface area contributed by atoms with Crippen LogP contribution in [-0.2, 0) is 9.59 Å². The Morgan fingerprint density at radius 3 is 1.67 bits per heavy atom. The second-order valence-corrected chi connectivity index (χ2v) is 6.92. The van der Waals surface area contributed by atoms with Gasteiger partial charge >= 0.3 is 0 Å². The van der Waals surface area contributed by atoms with Crippen molar-refractivity contribution in [3.8, 4) is 0 Å². The number of hydrogen-bond acceptors (Lipinski definition) is 3. The first-order valence-electron chi connectivity index (χ1n) is 9.85. The van der Waals surface area contributed by atoms with E-state index in [1.54, 1.807) is 0 Å². The van der Waals surface area contributed by atoms with Crippen LogP contribution in [0.15, 0.2) is 23.5 Å². The SMILES string of the molecule is CCCCCCCCCCCCCCCC1=CC(=O)C=C(O)C1=O. The molecule has 1 aliphatic rings. The molecule has 0 radical (unpaired) electrons. The van der Waals surface area contributed by atoms with Crippen LogP contribution in [-0.4, -0.2) is 16.7 Å². The van der Waals surface area contributed by atoms with Gasteiger partial charge in [0.2, 0.25) is 5.78 Å². The third-order valence-corrected chi connectivity index (χ3v) is 4.67. The quantitative estimate of drug-likeness (QED) is 0.314. The summed E-state index contributed by atoms with van der Waals surface area (Å²) < 4.78 is 0. The Morgan fingerprint density at radius 1 is 0.708 bits per heavy atom. The summed E-state index contributed by atoms with van der Waals surface area (Å²) in [5.41, 5.74) is 0.461. The number of allylic oxidation sites excluding steroid dienone is 3. The van der Waals surface area contributed by atoms with Crippen molar-refractivity contribution in [3.63, 3.8) is 0 Å². The highest BCUT2D eigenvalue weighted by Crippen LogP contribution is 2.18. The number of rotatable bonds is 14. The molecule has 0 aromatic heterocycles. The molecule has 0 bridgehead atoms. The fourth-order valence-corrected chi connectivity index (χ4v) is 3.16. The van der Waals surface area contributed by atoms with Crippen LogP contribution in [0.3, 0.4) is 0 Å². The molecule has 0 atom stereocenters. The van der Waals surface area contributed by atoms with Gasteiger partial charge in [0.25, 0.3) is 0 Å². The zero-order valence-corrected chi connectivity index (χ0v) is 15.3. The number of hydrogen-bond donors (Lipinski definition) is 1. The van der Waals surface area contributed by atoms with E-state index in [1.165, 1.54) is 76.7 Å². The third kappa shape index (κ3) is 9.05. The van der Waals surface area contributed by atoms with Crippen molar-refractivity contribution in [1.29, 1.82) is 0 Å². The van der Waals surface area contributed by atoms with Gasteiger partial charge in [-0.05, 0) is 18.9 Å². The molecule has 0 fully saturated rings. The van der Waals surface area contributed by atoms with Gasteiger partial charge in [-0.15, -0.1) is 0 Å². The molecule has 0 aliphatic heterocycles. The van der Waals surface area contributed by atoms with E-state index in [2.05, 4.69) is 6.92 Å². The van der Waals surface area contributed by atoms with Crippen LogP contribution in [0.1, 0.15) is 96.8 Å². The summed E-state index contributed by atoms with van der Waals surface area (Å²) in [6, 6.07) is 0. The second-order valence-electron chi connectivity index (χ2n) is 6.92.